The lowest BCUT2D eigenvalue weighted by Gasteiger charge is -2.38. The second-order valence-corrected chi connectivity index (χ2v) is 6.70. The highest BCUT2D eigenvalue weighted by molar-refractivity contribution is 5.79. The van der Waals surface area contributed by atoms with Crippen molar-refractivity contribution in [2.45, 2.75) is 57.0 Å². The van der Waals surface area contributed by atoms with Crippen molar-refractivity contribution >= 4 is 5.91 Å². The van der Waals surface area contributed by atoms with Crippen LogP contribution >= 0.6 is 0 Å². The lowest BCUT2D eigenvalue weighted by Crippen LogP contribution is -2.45. The van der Waals surface area contributed by atoms with Crippen molar-refractivity contribution in [3.8, 4) is 0 Å². The summed E-state index contributed by atoms with van der Waals surface area (Å²) in [5, 5.41) is 0. The smallest absolute Gasteiger partial charge is 0.224 e. The molecule has 1 amide bonds. The molecule has 19 heavy (non-hydrogen) atoms. The molecule has 2 N–H and O–H groups in total. The molecule has 3 fully saturated rings. The number of likely N-dealkylation sites (tertiary alicyclic amines) is 2. The van der Waals surface area contributed by atoms with Crippen LogP contribution in [0.25, 0.3) is 0 Å². The molecule has 0 radical (unpaired) electrons. The van der Waals surface area contributed by atoms with Gasteiger partial charge in [0.2, 0.25) is 5.91 Å². The summed E-state index contributed by atoms with van der Waals surface area (Å²) in [5.41, 5.74) is 5.87. The quantitative estimate of drug-likeness (QED) is 0.834. The number of hydrogen-bond acceptors (Lipinski definition) is 3. The maximum absolute atomic E-state index is 11.8. The van der Waals surface area contributed by atoms with E-state index in [1.54, 1.807) is 0 Å². The first-order valence-corrected chi connectivity index (χ1v) is 8.00. The van der Waals surface area contributed by atoms with Gasteiger partial charge in [0, 0.05) is 38.1 Å². The van der Waals surface area contributed by atoms with Crippen LogP contribution in [0.3, 0.4) is 0 Å². The first-order chi connectivity index (χ1) is 9.22. The first kappa shape index (κ1) is 13.4. The van der Waals surface area contributed by atoms with Crippen LogP contribution in [0, 0.1) is 5.92 Å². The molecule has 2 unspecified atom stereocenters. The second-order valence-electron chi connectivity index (χ2n) is 6.70. The fraction of sp³-hybridized carbons (Fsp3) is 0.933. The van der Waals surface area contributed by atoms with Crippen molar-refractivity contribution in [3.63, 3.8) is 0 Å². The van der Waals surface area contributed by atoms with Gasteiger partial charge in [0.05, 0.1) is 0 Å². The normalized spacial score (nSPS) is 34.4. The Bertz CT molecular complexity index is 327. The summed E-state index contributed by atoms with van der Waals surface area (Å²) in [6, 6.07) is 0.904. The van der Waals surface area contributed by atoms with Gasteiger partial charge >= 0.3 is 0 Å². The molecule has 0 aromatic heterocycles. The molecule has 4 nitrogen and oxygen atoms in total. The number of carbonyl (C=O) groups excluding carboxylic acids is 1. The van der Waals surface area contributed by atoms with Crippen molar-refractivity contribution in [2.24, 2.45) is 11.7 Å². The molecule has 0 aromatic rings. The SMILES string of the molecule is NC1CC(=O)N(CC2CCCN(C3CCCC3)C2)C1. The van der Waals surface area contributed by atoms with Gasteiger partial charge in [-0.2, -0.15) is 0 Å². The standard InChI is InChI=1S/C15H27N3O/c16-13-8-15(19)18(11-13)10-12-4-3-7-17(9-12)14-5-1-2-6-14/h12-14H,1-11,16H2. The predicted molar refractivity (Wildman–Crippen MR) is 75.7 cm³/mol. The minimum atomic E-state index is 0.0713. The number of rotatable bonds is 3. The van der Waals surface area contributed by atoms with Crippen molar-refractivity contribution < 1.29 is 4.79 Å². The van der Waals surface area contributed by atoms with Crippen molar-refractivity contribution in [2.75, 3.05) is 26.2 Å². The van der Waals surface area contributed by atoms with E-state index in [4.69, 9.17) is 5.73 Å². The van der Waals surface area contributed by atoms with E-state index < -0.39 is 0 Å². The topological polar surface area (TPSA) is 49.6 Å². The van der Waals surface area contributed by atoms with E-state index in [9.17, 15) is 4.79 Å². The molecule has 1 saturated carbocycles. The average molecular weight is 265 g/mol. The van der Waals surface area contributed by atoms with Crippen molar-refractivity contribution in [1.82, 2.24) is 9.80 Å². The Balaban J connectivity index is 1.52. The highest BCUT2D eigenvalue weighted by Gasteiger charge is 2.32. The Kier molecular flexibility index (Phi) is 4.08. The third kappa shape index (κ3) is 3.11. The molecule has 2 heterocycles. The number of piperidine rings is 1. The van der Waals surface area contributed by atoms with Gasteiger partial charge in [0.25, 0.3) is 0 Å². The van der Waals surface area contributed by atoms with Gasteiger partial charge in [-0.05, 0) is 38.1 Å². The molecule has 2 saturated heterocycles. The molecular weight excluding hydrogens is 238 g/mol. The molecule has 0 spiro atoms. The van der Waals surface area contributed by atoms with Gasteiger partial charge in [0.15, 0.2) is 0 Å². The summed E-state index contributed by atoms with van der Waals surface area (Å²) in [7, 11) is 0. The summed E-state index contributed by atoms with van der Waals surface area (Å²) in [6.07, 6.45) is 8.73. The molecular formula is C15H27N3O. The number of amides is 1. The largest absolute Gasteiger partial charge is 0.341 e. The Morgan fingerprint density at radius 2 is 1.89 bits per heavy atom. The Labute approximate surface area is 116 Å². The summed E-state index contributed by atoms with van der Waals surface area (Å²) < 4.78 is 0. The van der Waals surface area contributed by atoms with E-state index in [2.05, 4.69) is 4.90 Å². The number of nitrogens with zero attached hydrogens (tertiary/aromatic N) is 2. The van der Waals surface area contributed by atoms with Gasteiger partial charge in [-0.25, -0.2) is 0 Å². The van der Waals surface area contributed by atoms with E-state index in [1.807, 2.05) is 4.90 Å². The van der Waals surface area contributed by atoms with Gasteiger partial charge in [0.1, 0.15) is 0 Å². The molecule has 2 aliphatic heterocycles. The van der Waals surface area contributed by atoms with E-state index in [1.165, 1.54) is 51.6 Å². The molecule has 4 heteroatoms. The van der Waals surface area contributed by atoms with E-state index in [-0.39, 0.29) is 11.9 Å². The zero-order chi connectivity index (χ0) is 13.2. The summed E-state index contributed by atoms with van der Waals surface area (Å²) >= 11 is 0. The van der Waals surface area contributed by atoms with E-state index in [0.717, 1.165) is 19.1 Å². The zero-order valence-corrected chi connectivity index (χ0v) is 11.9. The monoisotopic (exact) mass is 265 g/mol. The van der Waals surface area contributed by atoms with Crippen LogP contribution in [0.1, 0.15) is 44.9 Å². The molecule has 108 valence electrons. The van der Waals surface area contributed by atoms with Crippen LogP contribution in [-0.4, -0.2) is 54.0 Å². The summed E-state index contributed by atoms with van der Waals surface area (Å²) in [4.78, 5) is 16.5. The maximum Gasteiger partial charge on any atom is 0.224 e. The van der Waals surface area contributed by atoms with Gasteiger partial charge in [-0.3, -0.25) is 4.79 Å². The minimum Gasteiger partial charge on any atom is -0.341 e. The Morgan fingerprint density at radius 3 is 2.58 bits per heavy atom. The fourth-order valence-electron chi connectivity index (χ4n) is 4.14. The molecule has 3 aliphatic rings. The lowest BCUT2D eigenvalue weighted by molar-refractivity contribution is -0.128. The lowest BCUT2D eigenvalue weighted by atomic mass is 9.95. The second kappa shape index (κ2) is 5.80. The van der Waals surface area contributed by atoms with Crippen LogP contribution in [0.2, 0.25) is 0 Å². The molecule has 2 atom stereocenters. The van der Waals surface area contributed by atoms with E-state index >= 15 is 0 Å². The fourth-order valence-corrected chi connectivity index (χ4v) is 4.14. The van der Waals surface area contributed by atoms with E-state index in [0.29, 0.717) is 12.3 Å². The maximum atomic E-state index is 11.8. The predicted octanol–water partition coefficient (Wildman–Crippen LogP) is 1.20. The number of nitrogens with two attached hydrogens (primary N) is 1. The van der Waals surface area contributed by atoms with Crippen LogP contribution < -0.4 is 5.73 Å². The third-order valence-electron chi connectivity index (χ3n) is 5.11. The molecule has 0 aromatic carbocycles. The number of carbonyl (C=O) groups is 1. The molecule has 0 bridgehead atoms. The third-order valence-corrected chi connectivity index (χ3v) is 5.11. The van der Waals surface area contributed by atoms with Gasteiger partial charge in [-0.1, -0.05) is 12.8 Å². The van der Waals surface area contributed by atoms with Gasteiger partial charge in [-0.15, -0.1) is 0 Å². The molecule has 3 rings (SSSR count). The van der Waals surface area contributed by atoms with Gasteiger partial charge < -0.3 is 15.5 Å². The highest BCUT2D eigenvalue weighted by Crippen LogP contribution is 2.28. The molecule has 1 aliphatic carbocycles. The Morgan fingerprint density at radius 1 is 1.11 bits per heavy atom. The van der Waals surface area contributed by atoms with Crippen molar-refractivity contribution in [3.05, 3.63) is 0 Å². The minimum absolute atomic E-state index is 0.0713. The zero-order valence-electron chi connectivity index (χ0n) is 11.9. The van der Waals surface area contributed by atoms with Crippen LogP contribution in [0.5, 0.6) is 0 Å². The first-order valence-electron chi connectivity index (χ1n) is 8.00. The van der Waals surface area contributed by atoms with Crippen molar-refractivity contribution in [1.29, 1.82) is 0 Å². The number of hydrogen-bond donors (Lipinski definition) is 1. The van der Waals surface area contributed by atoms with Crippen LogP contribution in [-0.2, 0) is 4.79 Å². The Hall–Kier alpha value is -0.610. The van der Waals surface area contributed by atoms with Crippen LogP contribution in [0.15, 0.2) is 0 Å². The summed E-state index contributed by atoms with van der Waals surface area (Å²) in [5.74, 6) is 0.939. The average Bonchev–Trinajstić information content (AvgIpc) is 3.01. The van der Waals surface area contributed by atoms with Crippen LogP contribution in [0.4, 0.5) is 0 Å². The summed E-state index contributed by atoms with van der Waals surface area (Å²) in [6.45, 7) is 4.19. The highest BCUT2D eigenvalue weighted by atomic mass is 16.2.